The fourth-order valence-electron chi connectivity index (χ4n) is 0.577. The minimum absolute atomic E-state index is 0.596. The van der Waals surface area contributed by atoms with E-state index < -0.39 is 5.69 Å². The van der Waals surface area contributed by atoms with Crippen LogP contribution in [0.4, 0.5) is 0 Å². The van der Waals surface area contributed by atoms with Gasteiger partial charge in [-0.25, -0.2) is 0 Å². The van der Waals surface area contributed by atoms with Crippen molar-refractivity contribution in [3.63, 3.8) is 0 Å². The first-order valence-corrected chi connectivity index (χ1v) is 8.93. The van der Waals surface area contributed by atoms with Gasteiger partial charge in [-0.15, -0.1) is 0 Å². The monoisotopic (exact) mass is 304 g/mol. The van der Waals surface area contributed by atoms with Crippen molar-refractivity contribution in [2.24, 2.45) is 0 Å². The molecule has 13 heavy (non-hydrogen) atoms. The van der Waals surface area contributed by atoms with Gasteiger partial charge in [-0.3, -0.25) is 0 Å². The normalized spacial score (nSPS) is 11.6. The van der Waals surface area contributed by atoms with Crippen molar-refractivity contribution >= 4 is 44.8 Å². The van der Waals surface area contributed by atoms with Crippen LogP contribution in [0.15, 0.2) is 11.1 Å². The Balaban J connectivity index is 4.07. The molecular weight excluding hydrogens is 291 g/mol. The third kappa shape index (κ3) is 7.11. The Kier molecular flexibility index (Phi) is 8.09. The number of rotatable bonds is 7. The first-order valence-electron chi connectivity index (χ1n) is 3.91. The minimum atomic E-state index is -2.11. The van der Waals surface area contributed by atoms with Crippen molar-refractivity contribution in [1.82, 2.24) is 0 Å². The zero-order chi connectivity index (χ0) is 10.3. The summed E-state index contributed by atoms with van der Waals surface area (Å²) in [6.45, 7) is 8.77. The van der Waals surface area contributed by atoms with Crippen LogP contribution >= 0.6 is 33.0 Å². The Morgan fingerprint density at radius 3 is 2.23 bits per heavy atom. The van der Waals surface area contributed by atoms with Crippen LogP contribution in [-0.4, -0.2) is 19.0 Å². The maximum absolute atomic E-state index is 5.42. The van der Waals surface area contributed by atoms with Gasteiger partial charge in [-0.05, 0) is 30.1 Å². The quantitative estimate of drug-likeness (QED) is 0.663. The highest BCUT2D eigenvalue weighted by atomic mass is 79.9. The predicted octanol–water partition coefficient (Wildman–Crippen LogP) is 3.93. The summed E-state index contributed by atoms with van der Waals surface area (Å²) < 4.78 is 11.8. The Morgan fingerprint density at radius 1 is 1.46 bits per heavy atom. The second-order valence-corrected chi connectivity index (χ2v) is 9.50. The van der Waals surface area contributed by atoms with Crippen LogP contribution in [0, 0.1) is 0 Å². The molecule has 0 N–H and O–H groups in total. The van der Waals surface area contributed by atoms with Crippen molar-refractivity contribution in [1.29, 1.82) is 0 Å². The molecule has 78 valence electrons. The van der Waals surface area contributed by atoms with Crippen LogP contribution in [0.25, 0.3) is 0 Å². The summed E-state index contributed by atoms with van der Waals surface area (Å²) in [6.07, 6.45) is 0. The molecule has 0 rings (SSSR count). The summed E-state index contributed by atoms with van der Waals surface area (Å²) in [5.41, 5.74) is -2.11. The molecule has 6 heteroatoms. The molecule has 0 amide bonds. The molecule has 0 unspecified atom stereocenters. The van der Waals surface area contributed by atoms with E-state index in [1.807, 2.05) is 13.8 Å². The van der Waals surface area contributed by atoms with E-state index in [-0.39, 0.29) is 0 Å². The molecule has 0 aromatic heterocycles. The van der Waals surface area contributed by atoms with Crippen LogP contribution in [0.2, 0.25) is 0 Å². The smallest absolute Gasteiger partial charge is 0.247 e. The molecule has 2 nitrogen and oxygen atoms in total. The van der Waals surface area contributed by atoms with Crippen molar-refractivity contribution < 1.29 is 9.05 Å². The van der Waals surface area contributed by atoms with Crippen LogP contribution < -0.4 is 0 Å². The minimum Gasteiger partial charge on any atom is -0.322 e. The Labute approximate surface area is 97.5 Å². The van der Waals surface area contributed by atoms with Gasteiger partial charge in [-0.1, -0.05) is 33.9 Å². The lowest BCUT2D eigenvalue weighted by Gasteiger charge is -2.19. The predicted molar refractivity (Wildman–Crippen MR) is 68.1 cm³/mol. The van der Waals surface area contributed by atoms with Gasteiger partial charge in [0.25, 0.3) is 0 Å². The van der Waals surface area contributed by atoms with Gasteiger partial charge in [0, 0.05) is 5.75 Å². The summed E-state index contributed by atoms with van der Waals surface area (Å²) in [7, 11) is 0. The van der Waals surface area contributed by atoms with E-state index in [2.05, 4.69) is 22.5 Å². The number of hydrogen-bond donors (Lipinski definition) is 0. The highest BCUT2D eigenvalue weighted by Gasteiger charge is 2.18. The lowest BCUT2D eigenvalue weighted by Crippen LogP contribution is -1.92. The van der Waals surface area contributed by atoms with E-state index in [0.29, 0.717) is 13.2 Å². The number of halogens is 1. The van der Waals surface area contributed by atoms with Crippen LogP contribution in [0.1, 0.15) is 13.8 Å². The first-order chi connectivity index (χ1) is 6.04. The second kappa shape index (κ2) is 7.43. The average molecular weight is 305 g/mol. The maximum Gasteiger partial charge on any atom is 0.247 e. The molecule has 0 heterocycles. The standard InChI is InChI=1S/C7H14BrO2PS2/c1-4-9-11(12,10-5-2)13-6-7(3)8/h3-6H2,1-2H3. The summed E-state index contributed by atoms with van der Waals surface area (Å²) in [5.74, 6) is 0.733. The zero-order valence-corrected chi connectivity index (χ0v) is 11.9. The lowest BCUT2D eigenvalue weighted by molar-refractivity contribution is 0.280. The first kappa shape index (κ1) is 14.1. The molecule has 0 spiro atoms. The average Bonchev–Trinajstić information content (AvgIpc) is 2.02. The highest BCUT2D eigenvalue weighted by Crippen LogP contribution is 2.61. The van der Waals surface area contributed by atoms with Gasteiger partial charge >= 0.3 is 0 Å². The molecule has 0 fully saturated rings. The molecule has 0 bridgehead atoms. The van der Waals surface area contributed by atoms with Crippen LogP contribution in [0.3, 0.4) is 0 Å². The van der Waals surface area contributed by atoms with Gasteiger partial charge in [0.2, 0.25) is 5.69 Å². The van der Waals surface area contributed by atoms with Crippen molar-refractivity contribution in [3.8, 4) is 0 Å². The SMILES string of the molecule is C=C(Br)CSP(=S)(OCC)OCC. The van der Waals surface area contributed by atoms with Gasteiger partial charge in [0.05, 0.1) is 13.2 Å². The summed E-state index contributed by atoms with van der Waals surface area (Å²) in [4.78, 5) is 0. The zero-order valence-electron chi connectivity index (χ0n) is 7.79. The van der Waals surface area contributed by atoms with Crippen LogP contribution in [-0.2, 0) is 20.9 Å². The van der Waals surface area contributed by atoms with Crippen molar-refractivity contribution in [3.05, 3.63) is 11.1 Å². The van der Waals surface area contributed by atoms with E-state index in [9.17, 15) is 0 Å². The largest absolute Gasteiger partial charge is 0.322 e. The third-order valence-corrected chi connectivity index (χ3v) is 7.10. The molecule has 0 aromatic rings. The van der Waals surface area contributed by atoms with Crippen molar-refractivity contribution in [2.75, 3.05) is 19.0 Å². The van der Waals surface area contributed by atoms with Gasteiger partial charge in [0.1, 0.15) is 0 Å². The molecule has 0 saturated carbocycles. The van der Waals surface area contributed by atoms with Gasteiger partial charge < -0.3 is 9.05 Å². The van der Waals surface area contributed by atoms with Crippen molar-refractivity contribution in [2.45, 2.75) is 13.8 Å². The maximum atomic E-state index is 5.42. The van der Waals surface area contributed by atoms with E-state index in [4.69, 9.17) is 20.9 Å². The third-order valence-electron chi connectivity index (χ3n) is 0.954. The Bertz CT molecular complexity index is 201. The summed E-state index contributed by atoms with van der Waals surface area (Å²) >= 11 is 10.1. The molecule has 0 aliphatic carbocycles. The topological polar surface area (TPSA) is 18.5 Å². The second-order valence-electron chi connectivity index (χ2n) is 2.07. The fourth-order valence-corrected chi connectivity index (χ4v) is 5.73. The molecule has 0 atom stereocenters. The van der Waals surface area contributed by atoms with E-state index in [1.54, 1.807) is 0 Å². The van der Waals surface area contributed by atoms with Gasteiger partial charge in [-0.2, -0.15) is 0 Å². The lowest BCUT2D eigenvalue weighted by atomic mass is 10.8. The van der Waals surface area contributed by atoms with Crippen LogP contribution in [0.5, 0.6) is 0 Å². The Morgan fingerprint density at radius 2 is 1.92 bits per heavy atom. The molecule has 0 aliphatic heterocycles. The Hall–Kier alpha value is 1.14. The summed E-state index contributed by atoms with van der Waals surface area (Å²) in [5, 5.41) is 0. The van der Waals surface area contributed by atoms with E-state index >= 15 is 0 Å². The molecule has 0 aromatic carbocycles. The molecule has 0 aliphatic rings. The molecule has 0 radical (unpaired) electrons. The summed E-state index contributed by atoms with van der Waals surface area (Å²) in [6, 6.07) is 0. The number of hydrogen-bond acceptors (Lipinski definition) is 4. The van der Waals surface area contributed by atoms with Gasteiger partial charge in [0.15, 0.2) is 0 Å². The molecule has 0 saturated heterocycles. The molecular formula is C7H14BrO2PS2. The highest BCUT2D eigenvalue weighted by molar-refractivity contribution is 9.12. The van der Waals surface area contributed by atoms with E-state index in [0.717, 1.165) is 10.2 Å². The fraction of sp³-hybridized carbons (Fsp3) is 0.714. The van der Waals surface area contributed by atoms with E-state index in [1.165, 1.54) is 11.4 Å².